The molecule has 2 heterocycles. The molecule has 2 aromatic carbocycles. The zero-order valence-electron chi connectivity index (χ0n) is 45.5. The SMILES string of the molecule is C.CC1(C)C(NC(=O)c2ccc(Br)c(S(=O)(=O)N3CCOCC3)c2)[C@@]2(C)CC[C@@H]1C2.CN(C)CCN.CN(C)CCNc1ccc(C(=O)NC2C(C)(C)[C@@H]3CC[C@@]2(C)C3)cc1S(=O)(=O)N1CCOCC1.[Ca+2].[H-].[H-]. The number of fused-ring (bicyclic) bond motifs is 4. The van der Waals surface area contributed by atoms with Crippen LogP contribution in [0, 0.1) is 33.5 Å². The molecule has 5 N–H and O–H groups in total. The van der Waals surface area contributed by atoms with Crippen molar-refractivity contribution in [3.8, 4) is 0 Å². The summed E-state index contributed by atoms with van der Waals surface area (Å²) in [6, 6.07) is 9.98. The van der Waals surface area contributed by atoms with Crippen molar-refractivity contribution in [1.82, 2.24) is 29.0 Å². The van der Waals surface area contributed by atoms with Gasteiger partial charge in [-0.2, -0.15) is 8.61 Å². The fraction of sp³-hybridized carbons (Fsp3) is 0.725. The first kappa shape index (κ1) is 62.1. The van der Waals surface area contributed by atoms with Crippen LogP contribution in [0.4, 0.5) is 5.69 Å². The Morgan fingerprint density at radius 2 is 1.11 bits per heavy atom. The summed E-state index contributed by atoms with van der Waals surface area (Å²) in [7, 11) is 0.489. The third-order valence-electron chi connectivity index (χ3n) is 16.2. The number of nitrogens with two attached hydrogens (primary N) is 1. The number of ether oxygens (including phenoxy) is 2. The van der Waals surface area contributed by atoms with Crippen molar-refractivity contribution in [2.24, 2.45) is 39.2 Å². The van der Waals surface area contributed by atoms with E-state index >= 15 is 0 Å². The standard InChI is InChI=1S/C25H40N4O4S.C21H29BrN2O4S.C4H12N2.CH4.Ca.2H/c1-24(2)19-8-9-25(3,17-19)23(24)27-22(30)18-6-7-20(26-10-11-28(4)5)21(16-18)34(31,32)29-12-14-33-15-13-29;1-20(2)15-6-7-21(3,13-15)19(20)23-18(25)14-4-5-16(22)17(12-14)29(26,27)24-8-10-28-11-9-24;1-6(2)4-3-5;;;;/h6-7,16,19,23,26H,8-15,17H2,1-5H3,(H,27,30);4-5,12,15,19H,6-11,13H2,1-3H3,(H,23,25);3-5H2,1-2H3;1H4;;;/q;;;;+2;2*-1/t19-,23?,25+;15-,19?,21+;;;;;/m11...../s1. The predicted molar refractivity (Wildman–Crippen MR) is 290 cm³/mol. The molecule has 20 heteroatoms. The molecule has 8 rings (SSSR count). The van der Waals surface area contributed by atoms with Crippen LogP contribution in [0.2, 0.25) is 0 Å². The van der Waals surface area contributed by atoms with Crippen molar-refractivity contribution in [2.75, 3.05) is 112 Å². The largest absolute Gasteiger partial charge is 2.00 e. The van der Waals surface area contributed by atoms with Crippen molar-refractivity contribution in [3.05, 3.63) is 52.0 Å². The van der Waals surface area contributed by atoms with Gasteiger partial charge in [0, 0.05) is 80.0 Å². The van der Waals surface area contributed by atoms with E-state index in [2.05, 4.69) is 78.3 Å². The molecule has 4 bridgehead atoms. The molecule has 400 valence electrons. The Balaban J connectivity index is 0.000000432. The minimum absolute atomic E-state index is 0. The zero-order valence-corrected chi connectivity index (χ0v) is 49.0. The number of carbonyl (C=O) groups excluding carboxylic acids is 2. The molecule has 2 saturated heterocycles. The third-order valence-corrected chi connectivity index (χ3v) is 21.0. The second-order valence-corrected chi connectivity index (χ2v) is 27.0. The summed E-state index contributed by atoms with van der Waals surface area (Å²) in [4.78, 5) is 30.9. The summed E-state index contributed by atoms with van der Waals surface area (Å²) >= 11 is 3.35. The number of sulfonamides is 2. The number of nitrogens with zero attached hydrogens (tertiary/aromatic N) is 4. The Hall–Kier alpha value is -1.46. The van der Waals surface area contributed by atoms with Crippen LogP contribution < -0.4 is 21.7 Å². The molecule has 2 amide bonds. The second-order valence-electron chi connectivity index (χ2n) is 22.4. The molecule has 2 aliphatic heterocycles. The van der Waals surface area contributed by atoms with E-state index in [4.69, 9.17) is 15.2 Å². The summed E-state index contributed by atoms with van der Waals surface area (Å²) in [5.74, 6) is 0.830. The van der Waals surface area contributed by atoms with Crippen molar-refractivity contribution in [2.45, 2.75) is 109 Å². The number of halogens is 1. The molecule has 2 unspecified atom stereocenters. The molecule has 4 saturated carbocycles. The van der Waals surface area contributed by atoms with E-state index in [1.54, 1.807) is 30.3 Å². The average Bonchev–Trinajstić information content (AvgIpc) is 4.00. The van der Waals surface area contributed by atoms with Crippen LogP contribution in [0.25, 0.3) is 0 Å². The van der Waals surface area contributed by atoms with Gasteiger partial charge in [0.05, 0.1) is 37.0 Å². The topological polar surface area (TPSA) is 196 Å². The molecule has 16 nitrogen and oxygen atoms in total. The molecular formula is C51H87BrCaN8O8S2. The Morgan fingerprint density at radius 1 is 0.704 bits per heavy atom. The third kappa shape index (κ3) is 13.9. The first-order chi connectivity index (χ1) is 32.3. The fourth-order valence-electron chi connectivity index (χ4n) is 12.1. The van der Waals surface area contributed by atoms with E-state index in [0.29, 0.717) is 92.3 Å². The number of rotatable bonds is 14. The molecule has 6 fully saturated rings. The van der Waals surface area contributed by atoms with Crippen molar-refractivity contribution < 1.29 is 38.8 Å². The van der Waals surface area contributed by atoms with Gasteiger partial charge in [-0.05, 0) is 153 Å². The maximum atomic E-state index is 13.6. The van der Waals surface area contributed by atoms with Crippen LogP contribution in [-0.4, -0.2) is 204 Å². The van der Waals surface area contributed by atoms with Crippen LogP contribution in [0.5, 0.6) is 0 Å². The van der Waals surface area contributed by atoms with Gasteiger partial charge in [0.15, 0.2) is 0 Å². The summed E-state index contributed by atoms with van der Waals surface area (Å²) < 4.78 is 67.3. The number of hydrogen-bond donors (Lipinski definition) is 4. The molecule has 0 spiro atoms. The smallest absolute Gasteiger partial charge is 1.00 e. The number of hydrogen-bond acceptors (Lipinski definition) is 12. The van der Waals surface area contributed by atoms with Gasteiger partial charge in [0.2, 0.25) is 20.0 Å². The Kier molecular flexibility index (Phi) is 22.0. The van der Waals surface area contributed by atoms with E-state index in [-0.39, 0.29) is 103 Å². The van der Waals surface area contributed by atoms with E-state index in [1.165, 1.54) is 27.5 Å². The number of anilines is 1. The monoisotopic (exact) mass is 1120 g/mol. The van der Waals surface area contributed by atoms with Crippen LogP contribution in [0.15, 0.2) is 50.7 Å². The molecule has 2 aromatic rings. The van der Waals surface area contributed by atoms with Crippen molar-refractivity contribution in [1.29, 1.82) is 0 Å². The Bertz CT molecular complexity index is 2370. The van der Waals surface area contributed by atoms with E-state index in [0.717, 1.165) is 45.3 Å². The van der Waals surface area contributed by atoms with Crippen molar-refractivity contribution >= 4 is 91.2 Å². The number of likely N-dealkylation sites (N-methyl/N-ethyl adjacent to an activating group) is 2. The number of nitrogens with one attached hydrogen (secondary N) is 3. The van der Waals surface area contributed by atoms with Crippen LogP contribution in [0.3, 0.4) is 0 Å². The van der Waals surface area contributed by atoms with Gasteiger partial charge in [-0.15, -0.1) is 0 Å². The molecule has 6 aliphatic rings. The van der Waals surface area contributed by atoms with E-state index in [1.807, 2.05) is 33.1 Å². The molecule has 0 radical (unpaired) electrons. The van der Waals surface area contributed by atoms with E-state index in [9.17, 15) is 26.4 Å². The molecule has 0 aromatic heterocycles. The van der Waals surface area contributed by atoms with Crippen molar-refractivity contribution in [3.63, 3.8) is 0 Å². The summed E-state index contributed by atoms with van der Waals surface area (Å²) in [5.41, 5.74) is 6.75. The predicted octanol–water partition coefficient (Wildman–Crippen LogP) is 6.03. The first-order valence-corrected chi connectivity index (χ1v) is 28.4. The van der Waals surface area contributed by atoms with E-state index < -0.39 is 20.0 Å². The number of amides is 2. The van der Waals surface area contributed by atoms with Crippen LogP contribution >= 0.6 is 15.9 Å². The maximum Gasteiger partial charge on any atom is 2.00 e. The molecule has 71 heavy (non-hydrogen) atoms. The van der Waals surface area contributed by atoms with Gasteiger partial charge in [-0.25, -0.2) is 16.8 Å². The molecule has 6 atom stereocenters. The van der Waals surface area contributed by atoms with Gasteiger partial charge in [-0.3, -0.25) is 9.59 Å². The zero-order chi connectivity index (χ0) is 50.7. The fourth-order valence-corrected chi connectivity index (χ4v) is 16.1. The Labute approximate surface area is 468 Å². The van der Waals surface area contributed by atoms with Crippen LogP contribution in [0.1, 0.15) is 111 Å². The van der Waals surface area contributed by atoms with Gasteiger partial charge in [0.1, 0.15) is 4.90 Å². The van der Waals surface area contributed by atoms with Gasteiger partial charge in [-0.1, -0.05) is 49.0 Å². The van der Waals surface area contributed by atoms with Gasteiger partial charge < -0.3 is 43.8 Å². The number of benzene rings is 2. The normalized spacial score (nSPS) is 27.6. The second kappa shape index (κ2) is 25.1. The molecule has 4 aliphatic carbocycles. The number of morpholine rings is 2. The summed E-state index contributed by atoms with van der Waals surface area (Å²) in [6.45, 7) is 19.4. The van der Waals surface area contributed by atoms with Gasteiger partial charge in [0.25, 0.3) is 11.8 Å². The van der Waals surface area contributed by atoms with Crippen LogP contribution in [-0.2, 0) is 29.5 Å². The quantitative estimate of drug-likeness (QED) is 0.161. The average molecular weight is 1120 g/mol. The number of carbonyl (C=O) groups is 2. The first-order valence-electron chi connectivity index (χ1n) is 24.7. The minimum Gasteiger partial charge on any atom is -1.00 e. The van der Waals surface area contributed by atoms with Gasteiger partial charge >= 0.3 is 37.7 Å². The summed E-state index contributed by atoms with van der Waals surface area (Å²) in [5, 5.41) is 9.81. The maximum absolute atomic E-state index is 13.6. The Morgan fingerprint density at radius 3 is 1.49 bits per heavy atom. The summed E-state index contributed by atoms with van der Waals surface area (Å²) in [6.07, 6.45) is 6.96. The molecular weight excluding hydrogens is 1040 g/mol. The minimum atomic E-state index is -3.77.